The summed E-state index contributed by atoms with van der Waals surface area (Å²) in [4.78, 5) is 21.6. The maximum atomic E-state index is 14.8. The fraction of sp³-hybridized carbons (Fsp3) is 0.320. The Kier molecular flexibility index (Phi) is 6.61. The Hall–Kier alpha value is -4.09. The molecule has 1 N–H and O–H groups in total. The Balaban J connectivity index is 1.63. The highest BCUT2D eigenvalue weighted by Crippen LogP contribution is 2.32. The fourth-order valence-electron chi connectivity index (χ4n) is 3.63. The minimum absolute atomic E-state index is 0.0101. The van der Waals surface area contributed by atoms with Gasteiger partial charge in [-0.25, -0.2) is 14.4 Å². The lowest BCUT2D eigenvalue weighted by molar-refractivity contribution is -0.162. The molecule has 0 spiro atoms. The second kappa shape index (κ2) is 9.41. The van der Waals surface area contributed by atoms with Crippen LogP contribution in [0.1, 0.15) is 55.4 Å². The van der Waals surface area contributed by atoms with Crippen LogP contribution in [0.4, 0.5) is 23.4 Å². The largest absolute Gasteiger partial charge is 0.408 e. The third-order valence-electron chi connectivity index (χ3n) is 5.84. The molecular formula is C25H25F4N7O. The number of hydrogen-bond donors (Lipinski definition) is 1. The van der Waals surface area contributed by atoms with Gasteiger partial charge in [0, 0.05) is 11.6 Å². The van der Waals surface area contributed by atoms with E-state index >= 15 is 0 Å². The highest BCUT2D eigenvalue weighted by molar-refractivity contribution is 6.04. The molecule has 8 nitrogen and oxygen atoms in total. The molecule has 0 bridgehead atoms. The Morgan fingerprint density at radius 3 is 2.49 bits per heavy atom. The number of hydrogen-bond acceptors (Lipinski definition) is 5. The Bertz CT molecular complexity index is 1450. The zero-order chi connectivity index (χ0) is 27.1. The minimum atomic E-state index is -4.52. The van der Waals surface area contributed by atoms with E-state index in [1.54, 1.807) is 17.8 Å². The smallest absolute Gasteiger partial charge is 0.306 e. The molecule has 0 saturated carbocycles. The quantitative estimate of drug-likeness (QED) is 0.347. The van der Waals surface area contributed by atoms with Gasteiger partial charge in [-0.1, -0.05) is 26.8 Å². The highest BCUT2D eigenvalue weighted by atomic mass is 19.4. The molecule has 1 aromatic carbocycles. The van der Waals surface area contributed by atoms with Gasteiger partial charge >= 0.3 is 6.18 Å². The number of nitrogens with zero attached hydrogens (tertiary/aromatic N) is 6. The number of carbonyl (C=O) groups is 1. The van der Waals surface area contributed by atoms with Gasteiger partial charge in [-0.2, -0.15) is 13.2 Å². The summed E-state index contributed by atoms with van der Waals surface area (Å²) in [7, 11) is 0. The molecule has 1 amide bonds. The van der Waals surface area contributed by atoms with Gasteiger partial charge in [0.25, 0.3) is 5.91 Å². The maximum Gasteiger partial charge on any atom is 0.408 e. The van der Waals surface area contributed by atoms with E-state index < -0.39 is 23.9 Å². The minimum Gasteiger partial charge on any atom is -0.306 e. The molecule has 1 unspecified atom stereocenters. The van der Waals surface area contributed by atoms with Gasteiger partial charge in [0.2, 0.25) is 0 Å². The average Bonchev–Trinajstić information content (AvgIpc) is 3.48. The van der Waals surface area contributed by atoms with E-state index in [1.807, 2.05) is 27.0 Å². The first-order valence-corrected chi connectivity index (χ1v) is 11.4. The van der Waals surface area contributed by atoms with Gasteiger partial charge in [0.1, 0.15) is 29.7 Å². The van der Waals surface area contributed by atoms with Crippen molar-refractivity contribution in [1.29, 1.82) is 0 Å². The molecule has 0 radical (unpaired) electrons. The van der Waals surface area contributed by atoms with Crippen molar-refractivity contribution in [1.82, 2.24) is 29.3 Å². The number of carbonyl (C=O) groups excluding carboxylic acids is 1. The molecule has 194 valence electrons. The van der Waals surface area contributed by atoms with Crippen molar-refractivity contribution < 1.29 is 22.4 Å². The first-order chi connectivity index (χ1) is 17.3. The van der Waals surface area contributed by atoms with Crippen molar-refractivity contribution >= 4 is 11.7 Å². The summed E-state index contributed by atoms with van der Waals surface area (Å²) in [5.74, 6) is -1.62. The lowest BCUT2D eigenvalue weighted by Crippen LogP contribution is -2.24. The van der Waals surface area contributed by atoms with Crippen LogP contribution in [-0.2, 0) is 5.41 Å². The van der Waals surface area contributed by atoms with Crippen LogP contribution >= 0.6 is 0 Å². The summed E-state index contributed by atoms with van der Waals surface area (Å²) < 4.78 is 57.1. The molecule has 0 saturated heterocycles. The van der Waals surface area contributed by atoms with Crippen molar-refractivity contribution in [3.63, 3.8) is 0 Å². The normalized spacial score (nSPS) is 13.0. The van der Waals surface area contributed by atoms with Crippen LogP contribution < -0.4 is 5.32 Å². The van der Waals surface area contributed by atoms with Gasteiger partial charge in [-0.3, -0.25) is 4.79 Å². The predicted molar refractivity (Wildman–Crippen MR) is 129 cm³/mol. The van der Waals surface area contributed by atoms with E-state index in [0.29, 0.717) is 11.3 Å². The van der Waals surface area contributed by atoms with Gasteiger partial charge in [-0.05, 0) is 43.7 Å². The molecule has 1 atom stereocenters. The zero-order valence-corrected chi connectivity index (χ0v) is 20.8. The van der Waals surface area contributed by atoms with Crippen LogP contribution in [0.25, 0.3) is 17.2 Å². The lowest BCUT2D eigenvalue weighted by atomic mass is 9.93. The molecular weight excluding hydrogens is 490 g/mol. The Morgan fingerprint density at radius 1 is 1.11 bits per heavy atom. The number of aryl methyl sites for hydroxylation is 1. The second-order valence-corrected chi connectivity index (χ2v) is 9.68. The molecule has 0 aliphatic rings. The van der Waals surface area contributed by atoms with Crippen molar-refractivity contribution in [2.45, 2.75) is 52.3 Å². The summed E-state index contributed by atoms with van der Waals surface area (Å²) in [6.07, 6.45) is -0.131. The summed E-state index contributed by atoms with van der Waals surface area (Å²) in [5.41, 5.74) is 1.64. The van der Waals surface area contributed by atoms with E-state index in [0.717, 1.165) is 23.5 Å². The van der Waals surface area contributed by atoms with E-state index in [1.165, 1.54) is 30.3 Å². The molecule has 0 aliphatic heterocycles. The number of anilines is 1. The lowest BCUT2D eigenvalue weighted by Gasteiger charge is -2.18. The van der Waals surface area contributed by atoms with E-state index in [9.17, 15) is 22.4 Å². The second-order valence-electron chi connectivity index (χ2n) is 9.68. The molecule has 0 fully saturated rings. The van der Waals surface area contributed by atoms with Crippen LogP contribution in [0.3, 0.4) is 0 Å². The topological polar surface area (TPSA) is 90.5 Å². The predicted octanol–water partition coefficient (Wildman–Crippen LogP) is 5.65. The number of imidazole rings is 1. The number of nitrogens with one attached hydrogen (secondary N) is 1. The van der Waals surface area contributed by atoms with Gasteiger partial charge in [0.05, 0.1) is 23.3 Å². The summed E-state index contributed by atoms with van der Waals surface area (Å²) in [6.45, 7) is 8.75. The zero-order valence-electron chi connectivity index (χ0n) is 20.8. The van der Waals surface area contributed by atoms with Crippen molar-refractivity contribution in [3.05, 3.63) is 71.8 Å². The number of aromatic nitrogens is 6. The number of benzene rings is 1. The Labute approximate surface area is 210 Å². The highest BCUT2D eigenvalue weighted by Gasteiger charge is 2.38. The van der Waals surface area contributed by atoms with E-state index in [2.05, 4.69) is 25.5 Å². The molecule has 4 aromatic rings. The Morgan fingerprint density at radius 2 is 1.84 bits per heavy atom. The molecule has 37 heavy (non-hydrogen) atoms. The molecule has 4 rings (SSSR count). The van der Waals surface area contributed by atoms with Crippen LogP contribution in [0.5, 0.6) is 0 Å². The monoisotopic (exact) mass is 515 g/mol. The van der Waals surface area contributed by atoms with Crippen molar-refractivity contribution in [2.75, 3.05) is 5.32 Å². The van der Waals surface area contributed by atoms with Crippen LogP contribution in [0.2, 0.25) is 0 Å². The van der Waals surface area contributed by atoms with Crippen LogP contribution in [-0.4, -0.2) is 41.4 Å². The van der Waals surface area contributed by atoms with E-state index in [4.69, 9.17) is 0 Å². The van der Waals surface area contributed by atoms with Crippen molar-refractivity contribution in [2.24, 2.45) is 0 Å². The number of pyridine rings is 1. The molecule has 12 heteroatoms. The van der Waals surface area contributed by atoms with Crippen LogP contribution in [0.15, 0.2) is 49.2 Å². The number of halogens is 4. The van der Waals surface area contributed by atoms with Crippen molar-refractivity contribution in [3.8, 4) is 17.2 Å². The third kappa shape index (κ3) is 5.37. The summed E-state index contributed by atoms with van der Waals surface area (Å²) >= 11 is 0. The van der Waals surface area contributed by atoms with Gasteiger partial charge < -0.3 is 14.5 Å². The summed E-state index contributed by atoms with van der Waals surface area (Å²) in [6, 6.07) is 5.15. The van der Waals surface area contributed by atoms with E-state index in [-0.39, 0.29) is 28.3 Å². The number of alkyl halides is 3. The first-order valence-electron chi connectivity index (χ1n) is 11.4. The molecule has 3 heterocycles. The van der Waals surface area contributed by atoms with Crippen LogP contribution in [0, 0.1) is 12.7 Å². The molecule has 0 aliphatic carbocycles. The summed E-state index contributed by atoms with van der Waals surface area (Å²) in [5, 5.41) is 9.84. The van der Waals surface area contributed by atoms with Gasteiger partial charge in [-0.15, -0.1) is 10.2 Å². The SMILES string of the molecule is Cc1cc(F)c(C(=O)Nc2cccc(-c3nncn3C(C)C(F)(F)F)n2)cc1-n1cnc(C(C)(C)C)c1. The first kappa shape index (κ1) is 26.0. The standard InChI is InChI=1S/C25H25F4N7O/c1-14-9-17(26)16(10-19(14)35-11-20(30-12-35)24(3,4)5)23(37)33-21-8-6-7-18(32-21)22-34-31-13-36(22)15(2)25(27,28)29/h6-13,15H,1-5H3,(H,32,33,37). The fourth-order valence-corrected chi connectivity index (χ4v) is 3.63. The number of rotatable bonds is 5. The van der Waals surface area contributed by atoms with Gasteiger partial charge in [0.15, 0.2) is 5.82 Å². The third-order valence-corrected chi connectivity index (χ3v) is 5.84. The molecule has 3 aromatic heterocycles. The average molecular weight is 516 g/mol. The number of amides is 1. The maximum absolute atomic E-state index is 14.8.